The van der Waals surface area contributed by atoms with E-state index in [4.69, 9.17) is 10.2 Å². The fourth-order valence-corrected chi connectivity index (χ4v) is 8.92. The van der Waals surface area contributed by atoms with Gasteiger partial charge in [0.05, 0.1) is 11.1 Å². The number of halogens is 4. The molecule has 5 nitrogen and oxygen atoms in total. The molecule has 0 aliphatic heterocycles. The molecule has 2 fully saturated rings. The SMILES string of the molecule is C.C=C(c1ccc(C(=O)O)cc1)c1cc2c(cc1C(F)F)C(C)(C)CCC21CC1.CC1(C)CCC2(CC2)c2cc(C(=O)c3ccc(C(=O)O)cc3)c(C(F)F)cc21. The summed E-state index contributed by atoms with van der Waals surface area (Å²) in [5, 5.41) is 18.1. The molecule has 2 saturated carbocycles. The summed E-state index contributed by atoms with van der Waals surface area (Å²) in [6.45, 7) is 12.5. The van der Waals surface area contributed by atoms with Crippen molar-refractivity contribution in [2.75, 3.05) is 0 Å². The molecule has 0 atom stereocenters. The molecule has 0 aromatic heterocycles. The number of ketones is 1. The zero-order valence-corrected chi connectivity index (χ0v) is 32.1. The van der Waals surface area contributed by atoms with Crippen LogP contribution in [0.3, 0.4) is 0 Å². The summed E-state index contributed by atoms with van der Waals surface area (Å²) in [5.74, 6) is -2.61. The molecule has 300 valence electrons. The minimum Gasteiger partial charge on any atom is -0.478 e. The lowest BCUT2D eigenvalue weighted by Gasteiger charge is -2.38. The number of carbonyl (C=O) groups is 3. The van der Waals surface area contributed by atoms with E-state index in [-0.39, 0.29) is 62.5 Å². The maximum atomic E-state index is 14.0. The van der Waals surface area contributed by atoms with Crippen molar-refractivity contribution in [3.63, 3.8) is 0 Å². The van der Waals surface area contributed by atoms with Gasteiger partial charge in [-0.2, -0.15) is 0 Å². The van der Waals surface area contributed by atoms with E-state index >= 15 is 0 Å². The van der Waals surface area contributed by atoms with E-state index in [9.17, 15) is 31.9 Å². The number of carboxylic acids is 2. The first-order valence-electron chi connectivity index (χ1n) is 19.1. The van der Waals surface area contributed by atoms with Crippen LogP contribution in [-0.4, -0.2) is 27.9 Å². The van der Waals surface area contributed by atoms with Gasteiger partial charge >= 0.3 is 11.9 Å². The van der Waals surface area contributed by atoms with Crippen molar-refractivity contribution < 1.29 is 42.2 Å². The van der Waals surface area contributed by atoms with Gasteiger partial charge in [-0.05, 0) is 161 Å². The molecule has 4 aliphatic rings. The summed E-state index contributed by atoms with van der Waals surface area (Å²) >= 11 is 0. The summed E-state index contributed by atoms with van der Waals surface area (Å²) < 4.78 is 55.7. The van der Waals surface area contributed by atoms with Gasteiger partial charge in [0.1, 0.15) is 0 Å². The van der Waals surface area contributed by atoms with E-state index in [0.29, 0.717) is 16.7 Å². The Balaban J connectivity index is 0.000000189. The topological polar surface area (TPSA) is 91.7 Å². The number of rotatable bonds is 8. The summed E-state index contributed by atoms with van der Waals surface area (Å²) in [7, 11) is 0. The van der Waals surface area contributed by atoms with Crippen molar-refractivity contribution in [2.45, 2.75) is 121 Å². The standard InChI is InChI=1S/C24H24F2O2.C23H22F2O3.CH4/c1-14(15-4-6-16(7-5-15)22(27)28)17-12-20-19(13-18(17)21(25)26)23(2,3)8-9-24(20)10-11-24;1-22(2)7-8-23(9-10-23)18-11-15(16(20(24)25)12-17(18)22)19(26)13-3-5-14(6-4-13)21(27)28;/h4-7,12-13,21H,1,8-11H2,2-3H3,(H,27,28);3-6,11-12,20H,7-10H2,1-2H3,(H,27,28);1H4. The van der Waals surface area contributed by atoms with Crippen LogP contribution in [0, 0.1) is 0 Å². The third-order valence-corrected chi connectivity index (χ3v) is 13.1. The third kappa shape index (κ3) is 7.58. The highest BCUT2D eigenvalue weighted by molar-refractivity contribution is 6.10. The first-order valence-corrected chi connectivity index (χ1v) is 19.1. The zero-order chi connectivity index (χ0) is 40.5. The van der Waals surface area contributed by atoms with E-state index in [1.54, 1.807) is 24.3 Å². The van der Waals surface area contributed by atoms with Gasteiger partial charge in [0.15, 0.2) is 5.78 Å². The molecule has 0 amide bonds. The number of hydrogen-bond donors (Lipinski definition) is 2. The van der Waals surface area contributed by atoms with Gasteiger partial charge in [-0.25, -0.2) is 27.2 Å². The largest absolute Gasteiger partial charge is 0.478 e. The number of carbonyl (C=O) groups excluding carboxylic acids is 1. The van der Waals surface area contributed by atoms with E-state index in [1.165, 1.54) is 48.0 Å². The minimum atomic E-state index is -2.75. The first-order chi connectivity index (χ1) is 26.3. The van der Waals surface area contributed by atoms with Crippen molar-refractivity contribution in [1.29, 1.82) is 0 Å². The average molecular weight is 783 g/mol. The van der Waals surface area contributed by atoms with E-state index in [1.807, 2.05) is 6.07 Å². The number of carboxylic acid groups (broad SMARTS) is 2. The van der Waals surface area contributed by atoms with Gasteiger partial charge in [0.25, 0.3) is 12.9 Å². The Labute approximate surface area is 331 Å². The quantitative estimate of drug-likeness (QED) is 0.137. The van der Waals surface area contributed by atoms with Crippen LogP contribution in [0.4, 0.5) is 17.6 Å². The van der Waals surface area contributed by atoms with Crippen LogP contribution >= 0.6 is 0 Å². The fourth-order valence-electron chi connectivity index (χ4n) is 8.92. The molecule has 2 N–H and O–H groups in total. The Hall–Kier alpha value is -5.05. The Morgan fingerprint density at radius 2 is 0.860 bits per heavy atom. The Morgan fingerprint density at radius 1 is 0.526 bits per heavy atom. The van der Waals surface area contributed by atoms with E-state index < -0.39 is 30.6 Å². The maximum absolute atomic E-state index is 14.0. The maximum Gasteiger partial charge on any atom is 0.335 e. The van der Waals surface area contributed by atoms with Crippen molar-refractivity contribution in [3.05, 3.63) is 146 Å². The molecule has 4 aromatic carbocycles. The monoisotopic (exact) mass is 782 g/mol. The van der Waals surface area contributed by atoms with Crippen LogP contribution < -0.4 is 0 Å². The summed E-state index contributed by atoms with van der Waals surface area (Å²) in [4.78, 5) is 35.1. The average Bonchev–Trinajstić information content (AvgIpc) is 4.11. The molecule has 0 unspecified atom stereocenters. The predicted molar refractivity (Wildman–Crippen MR) is 214 cm³/mol. The molecular weight excluding hydrogens is 733 g/mol. The number of benzene rings is 4. The predicted octanol–water partition coefficient (Wildman–Crippen LogP) is 12.8. The normalized spacial score (nSPS) is 18.4. The van der Waals surface area contributed by atoms with Crippen molar-refractivity contribution in [1.82, 2.24) is 0 Å². The molecule has 0 bridgehead atoms. The smallest absolute Gasteiger partial charge is 0.335 e. The zero-order valence-electron chi connectivity index (χ0n) is 32.1. The number of fused-ring (bicyclic) bond motifs is 4. The molecule has 2 spiro atoms. The summed E-state index contributed by atoms with van der Waals surface area (Å²) in [6, 6.07) is 18.5. The number of aromatic carboxylic acids is 2. The van der Waals surface area contributed by atoms with Crippen molar-refractivity contribution in [3.8, 4) is 0 Å². The molecule has 57 heavy (non-hydrogen) atoms. The summed E-state index contributed by atoms with van der Waals surface area (Å²) in [5.41, 5.74) is 5.96. The first kappa shape index (κ1) is 41.6. The Kier molecular flexibility index (Phi) is 10.7. The number of alkyl halides is 4. The van der Waals surface area contributed by atoms with Crippen LogP contribution in [-0.2, 0) is 21.7 Å². The molecular formula is C48H50F4O5. The van der Waals surface area contributed by atoms with Gasteiger partial charge in [0, 0.05) is 22.3 Å². The number of hydrogen-bond acceptors (Lipinski definition) is 3. The van der Waals surface area contributed by atoms with Crippen molar-refractivity contribution in [2.24, 2.45) is 0 Å². The fraction of sp³-hybridized carbons (Fsp3) is 0.396. The Bertz CT molecular complexity index is 2100. The molecule has 0 heterocycles. The van der Waals surface area contributed by atoms with Crippen LogP contribution in [0.25, 0.3) is 5.57 Å². The highest BCUT2D eigenvalue weighted by Gasteiger charge is 2.52. The van der Waals surface area contributed by atoms with Crippen LogP contribution in [0.1, 0.15) is 180 Å². The van der Waals surface area contributed by atoms with Crippen molar-refractivity contribution >= 4 is 23.3 Å². The third-order valence-electron chi connectivity index (χ3n) is 13.1. The van der Waals surface area contributed by atoms with Gasteiger partial charge < -0.3 is 10.2 Å². The molecule has 8 rings (SSSR count). The van der Waals surface area contributed by atoms with Gasteiger partial charge in [-0.3, -0.25) is 4.79 Å². The second-order valence-electron chi connectivity index (χ2n) is 17.5. The Morgan fingerprint density at radius 3 is 1.23 bits per heavy atom. The lowest BCUT2D eigenvalue weighted by atomic mass is 9.66. The molecule has 4 aliphatic carbocycles. The molecule has 0 saturated heterocycles. The molecule has 0 radical (unpaired) electrons. The molecule has 4 aromatic rings. The van der Waals surface area contributed by atoms with Crippen LogP contribution in [0.2, 0.25) is 0 Å². The van der Waals surface area contributed by atoms with Crippen LogP contribution in [0.15, 0.2) is 79.4 Å². The second-order valence-corrected chi connectivity index (χ2v) is 17.5. The van der Waals surface area contributed by atoms with E-state index in [0.717, 1.165) is 68.1 Å². The molecule has 9 heteroatoms. The van der Waals surface area contributed by atoms with Gasteiger partial charge in [-0.15, -0.1) is 0 Å². The van der Waals surface area contributed by atoms with Crippen LogP contribution in [0.5, 0.6) is 0 Å². The minimum absolute atomic E-state index is 0. The lowest BCUT2D eigenvalue weighted by Crippen LogP contribution is -2.30. The van der Waals surface area contributed by atoms with Gasteiger partial charge in [-0.1, -0.05) is 66.0 Å². The van der Waals surface area contributed by atoms with E-state index in [2.05, 4.69) is 34.3 Å². The highest BCUT2D eigenvalue weighted by Crippen LogP contribution is 2.61. The lowest BCUT2D eigenvalue weighted by molar-refractivity contribution is 0.0686. The van der Waals surface area contributed by atoms with Gasteiger partial charge in [0.2, 0.25) is 0 Å². The summed E-state index contributed by atoms with van der Waals surface area (Å²) in [6.07, 6.45) is 3.02. The highest BCUT2D eigenvalue weighted by atomic mass is 19.3. The second kappa shape index (κ2) is 14.7.